The van der Waals surface area contributed by atoms with E-state index < -0.39 is 42.1 Å². The number of para-hydroxylation sites is 1. The number of nitrogens with zero attached hydrogens (tertiary/aromatic N) is 1. The highest BCUT2D eigenvalue weighted by atomic mass is 19.4. The molecule has 27 heavy (non-hydrogen) atoms. The summed E-state index contributed by atoms with van der Waals surface area (Å²) >= 11 is 0. The fraction of sp³-hybridized carbons (Fsp3) is 0.176. The number of fused-ring (bicyclic) bond motifs is 1. The van der Waals surface area contributed by atoms with E-state index in [1.54, 1.807) is 18.2 Å². The van der Waals surface area contributed by atoms with E-state index in [-0.39, 0.29) is 11.3 Å². The highest BCUT2D eigenvalue weighted by molar-refractivity contribution is 6.11. The lowest BCUT2D eigenvalue weighted by Gasteiger charge is -2.14. The topological polar surface area (TPSA) is 100 Å². The highest BCUT2D eigenvalue weighted by Crippen LogP contribution is 2.27. The smallest absolute Gasteiger partial charge is 0.340 e. The van der Waals surface area contributed by atoms with Gasteiger partial charge in [0.05, 0.1) is 29.6 Å². The molecule has 3 rings (SSSR count). The molecular formula is C17H13F3N4O3. The number of carbonyl (C=O) groups excluding carboxylic acids is 3. The Morgan fingerprint density at radius 1 is 1.15 bits per heavy atom. The lowest BCUT2D eigenvalue weighted by atomic mass is 10.1. The Morgan fingerprint density at radius 3 is 2.56 bits per heavy atom. The minimum absolute atomic E-state index is 0.0386. The molecule has 3 N–H and O–H groups in total. The van der Waals surface area contributed by atoms with Gasteiger partial charge in [-0.05, 0) is 24.3 Å². The van der Waals surface area contributed by atoms with Crippen LogP contribution >= 0.6 is 0 Å². The summed E-state index contributed by atoms with van der Waals surface area (Å²) in [5.74, 6) is -1.75. The number of aromatic nitrogens is 1. The fourth-order valence-electron chi connectivity index (χ4n) is 2.49. The lowest BCUT2D eigenvalue weighted by Crippen LogP contribution is -2.43. The van der Waals surface area contributed by atoms with Crippen molar-refractivity contribution >= 4 is 29.1 Å². The SMILES string of the molecule is O=C(C[C@@H]1NC(=O)c2ccccc2NC1=O)Nc1ccc(C(F)(F)F)nc1. The van der Waals surface area contributed by atoms with Gasteiger partial charge in [0, 0.05) is 0 Å². The van der Waals surface area contributed by atoms with Crippen LogP contribution in [-0.4, -0.2) is 28.7 Å². The number of pyridine rings is 1. The number of alkyl halides is 3. The van der Waals surface area contributed by atoms with E-state index in [1.807, 2.05) is 0 Å². The third kappa shape index (κ3) is 4.22. The molecule has 1 atom stereocenters. The zero-order valence-corrected chi connectivity index (χ0v) is 13.6. The Balaban J connectivity index is 1.66. The average molecular weight is 378 g/mol. The van der Waals surface area contributed by atoms with Crippen molar-refractivity contribution in [2.45, 2.75) is 18.6 Å². The maximum absolute atomic E-state index is 12.5. The third-order valence-electron chi connectivity index (χ3n) is 3.78. The van der Waals surface area contributed by atoms with Crippen LogP contribution in [-0.2, 0) is 15.8 Å². The number of hydrogen-bond acceptors (Lipinski definition) is 4. The van der Waals surface area contributed by atoms with E-state index in [2.05, 4.69) is 20.9 Å². The lowest BCUT2D eigenvalue weighted by molar-refractivity contribution is -0.141. The monoisotopic (exact) mass is 378 g/mol. The summed E-state index contributed by atoms with van der Waals surface area (Å²) in [6.07, 6.45) is -4.12. The second kappa shape index (κ2) is 7.06. The first-order valence-electron chi connectivity index (χ1n) is 7.78. The molecule has 0 fully saturated rings. The second-order valence-corrected chi connectivity index (χ2v) is 5.74. The van der Waals surface area contributed by atoms with Crippen LogP contribution in [0.4, 0.5) is 24.5 Å². The van der Waals surface area contributed by atoms with Gasteiger partial charge in [-0.2, -0.15) is 13.2 Å². The zero-order valence-electron chi connectivity index (χ0n) is 13.6. The normalized spacial score (nSPS) is 16.6. The van der Waals surface area contributed by atoms with Crippen molar-refractivity contribution in [2.24, 2.45) is 0 Å². The molecule has 140 valence electrons. The maximum Gasteiger partial charge on any atom is 0.433 e. The molecule has 1 aliphatic rings. The first-order valence-corrected chi connectivity index (χ1v) is 7.78. The van der Waals surface area contributed by atoms with Gasteiger partial charge in [-0.25, -0.2) is 4.98 Å². The number of nitrogens with one attached hydrogen (secondary N) is 3. The molecule has 1 aromatic heterocycles. The minimum atomic E-state index is -4.58. The Labute approximate surface area is 151 Å². The van der Waals surface area contributed by atoms with Crippen molar-refractivity contribution < 1.29 is 27.6 Å². The van der Waals surface area contributed by atoms with Gasteiger partial charge in [-0.15, -0.1) is 0 Å². The Morgan fingerprint density at radius 2 is 1.89 bits per heavy atom. The van der Waals surface area contributed by atoms with Gasteiger partial charge in [-0.3, -0.25) is 14.4 Å². The van der Waals surface area contributed by atoms with Gasteiger partial charge < -0.3 is 16.0 Å². The molecule has 0 saturated carbocycles. The standard InChI is InChI=1S/C17H13F3N4O3/c18-17(19,20)13-6-5-9(8-21-13)22-14(25)7-12-16(27)23-11-4-2-1-3-10(11)15(26)24-12/h1-6,8,12H,7H2,(H,22,25)(H,23,27)(H,24,26)/t12-/m0/s1. The number of rotatable bonds is 3. The third-order valence-corrected chi connectivity index (χ3v) is 3.78. The molecule has 0 saturated heterocycles. The quantitative estimate of drug-likeness (QED) is 0.762. The van der Waals surface area contributed by atoms with Crippen LogP contribution < -0.4 is 16.0 Å². The molecule has 0 bridgehead atoms. The van der Waals surface area contributed by atoms with Gasteiger partial charge in [0.15, 0.2) is 0 Å². The molecule has 3 amide bonds. The number of carbonyl (C=O) groups is 3. The summed E-state index contributed by atoms with van der Waals surface area (Å²) in [7, 11) is 0. The first kappa shape index (κ1) is 18.4. The zero-order chi connectivity index (χ0) is 19.6. The summed E-state index contributed by atoms with van der Waals surface area (Å²) < 4.78 is 37.5. The van der Waals surface area contributed by atoms with E-state index in [4.69, 9.17) is 0 Å². The van der Waals surface area contributed by atoms with Gasteiger partial charge >= 0.3 is 6.18 Å². The van der Waals surface area contributed by atoms with E-state index in [0.717, 1.165) is 18.3 Å². The molecule has 2 heterocycles. The number of anilines is 2. The number of benzene rings is 1. The van der Waals surface area contributed by atoms with Crippen LogP contribution in [0.15, 0.2) is 42.6 Å². The molecular weight excluding hydrogens is 365 g/mol. The van der Waals surface area contributed by atoms with Crippen molar-refractivity contribution in [2.75, 3.05) is 10.6 Å². The van der Waals surface area contributed by atoms with Crippen LogP contribution in [0.1, 0.15) is 22.5 Å². The largest absolute Gasteiger partial charge is 0.433 e. The molecule has 0 unspecified atom stereocenters. The van der Waals surface area contributed by atoms with E-state index >= 15 is 0 Å². The molecule has 0 radical (unpaired) electrons. The molecule has 1 aliphatic heterocycles. The molecule has 0 spiro atoms. The molecule has 2 aromatic rings. The van der Waals surface area contributed by atoms with Crippen molar-refractivity contribution in [1.29, 1.82) is 0 Å². The predicted octanol–water partition coefficient (Wildman–Crippen LogP) is 2.18. The number of hydrogen-bond donors (Lipinski definition) is 3. The van der Waals surface area contributed by atoms with Crippen molar-refractivity contribution in [1.82, 2.24) is 10.3 Å². The minimum Gasteiger partial charge on any atom is -0.340 e. The fourth-order valence-corrected chi connectivity index (χ4v) is 2.49. The van der Waals surface area contributed by atoms with Crippen molar-refractivity contribution in [3.63, 3.8) is 0 Å². The number of amides is 3. The second-order valence-electron chi connectivity index (χ2n) is 5.74. The van der Waals surface area contributed by atoms with Crippen LogP contribution in [0.25, 0.3) is 0 Å². The molecule has 7 nitrogen and oxygen atoms in total. The summed E-state index contributed by atoms with van der Waals surface area (Å²) in [5, 5.41) is 7.36. The van der Waals surface area contributed by atoms with Gasteiger partial charge in [0.25, 0.3) is 5.91 Å². The van der Waals surface area contributed by atoms with Crippen LogP contribution in [0.2, 0.25) is 0 Å². The van der Waals surface area contributed by atoms with Crippen LogP contribution in [0, 0.1) is 0 Å². The average Bonchev–Trinajstić information content (AvgIpc) is 2.71. The summed E-state index contributed by atoms with van der Waals surface area (Å²) in [5.41, 5.74) is -0.458. The van der Waals surface area contributed by atoms with Gasteiger partial charge in [0.1, 0.15) is 11.7 Å². The number of halogens is 3. The predicted molar refractivity (Wildman–Crippen MR) is 88.8 cm³/mol. The summed E-state index contributed by atoms with van der Waals surface area (Å²) in [4.78, 5) is 39.7. The summed E-state index contributed by atoms with van der Waals surface area (Å²) in [6, 6.07) is 7.02. The Kier molecular flexibility index (Phi) is 4.80. The Hall–Kier alpha value is -3.43. The molecule has 1 aromatic carbocycles. The van der Waals surface area contributed by atoms with Crippen molar-refractivity contribution in [3.05, 3.63) is 53.9 Å². The Bertz CT molecular complexity index is 897. The van der Waals surface area contributed by atoms with Gasteiger partial charge in [-0.1, -0.05) is 12.1 Å². The highest BCUT2D eigenvalue weighted by Gasteiger charge is 2.32. The van der Waals surface area contributed by atoms with Crippen LogP contribution in [0.3, 0.4) is 0 Å². The molecule has 10 heteroatoms. The molecule has 0 aliphatic carbocycles. The van der Waals surface area contributed by atoms with Crippen LogP contribution in [0.5, 0.6) is 0 Å². The summed E-state index contributed by atoms with van der Waals surface area (Å²) in [6.45, 7) is 0. The van der Waals surface area contributed by atoms with Crippen molar-refractivity contribution in [3.8, 4) is 0 Å². The van der Waals surface area contributed by atoms with E-state index in [9.17, 15) is 27.6 Å². The van der Waals surface area contributed by atoms with Gasteiger partial charge in [0.2, 0.25) is 11.8 Å². The van der Waals surface area contributed by atoms with E-state index in [1.165, 1.54) is 6.07 Å². The van der Waals surface area contributed by atoms with E-state index in [0.29, 0.717) is 5.69 Å². The maximum atomic E-state index is 12.5. The first-order chi connectivity index (χ1) is 12.7.